The minimum Gasteiger partial charge on any atom is -0.331 e. The quantitative estimate of drug-likeness (QED) is 0.678. The average molecular weight is 178 g/mol. The molecule has 4 nitrogen and oxygen atoms in total. The average Bonchev–Trinajstić information content (AvgIpc) is 2.16. The van der Waals surface area contributed by atoms with Crippen LogP contribution in [0.3, 0.4) is 0 Å². The number of carbonyl (C=O) groups excluding carboxylic acids is 2. The summed E-state index contributed by atoms with van der Waals surface area (Å²) in [6.45, 7) is 0.0265. The molecule has 0 fully saturated rings. The van der Waals surface area contributed by atoms with Crippen LogP contribution in [0.5, 0.6) is 0 Å². The van der Waals surface area contributed by atoms with Crippen molar-refractivity contribution in [3.8, 4) is 0 Å². The minimum absolute atomic E-state index is 0.0265. The molecule has 1 aromatic carbocycles. The first kappa shape index (κ1) is 9.25. The van der Waals surface area contributed by atoms with Crippen molar-refractivity contribution < 1.29 is 9.59 Å². The maximum atomic E-state index is 11.0. The lowest BCUT2D eigenvalue weighted by Gasteiger charge is -2.03. The summed E-state index contributed by atoms with van der Waals surface area (Å²) in [6, 6.07) is 8.64. The number of carbonyl (C=O) groups is 2. The second-order valence-corrected chi connectivity index (χ2v) is 2.37. The maximum absolute atomic E-state index is 11.0. The van der Waals surface area contributed by atoms with E-state index in [2.05, 4.69) is 10.6 Å². The molecule has 0 spiro atoms. The van der Waals surface area contributed by atoms with Gasteiger partial charge in [-0.25, -0.2) is 4.79 Å². The predicted molar refractivity (Wildman–Crippen MR) is 49.5 cm³/mol. The van der Waals surface area contributed by atoms with Crippen molar-refractivity contribution in [2.45, 2.75) is 0 Å². The second kappa shape index (κ2) is 4.92. The molecule has 0 radical (unpaired) electrons. The molecule has 0 unspecified atom stereocenters. The van der Waals surface area contributed by atoms with Crippen LogP contribution in [0.25, 0.3) is 0 Å². The number of aldehydes is 1. The lowest BCUT2D eigenvalue weighted by molar-refractivity contribution is -0.107. The molecule has 0 heterocycles. The fourth-order valence-corrected chi connectivity index (χ4v) is 0.831. The molecule has 2 N–H and O–H groups in total. The molecular formula is C9H10N2O2. The first-order chi connectivity index (χ1) is 6.33. The fourth-order valence-electron chi connectivity index (χ4n) is 0.831. The van der Waals surface area contributed by atoms with Gasteiger partial charge in [0.1, 0.15) is 6.29 Å². The van der Waals surface area contributed by atoms with E-state index in [4.69, 9.17) is 0 Å². The van der Waals surface area contributed by atoms with Crippen molar-refractivity contribution >= 4 is 18.0 Å². The maximum Gasteiger partial charge on any atom is 0.319 e. The molecule has 68 valence electrons. The van der Waals surface area contributed by atoms with Gasteiger partial charge in [0, 0.05) is 5.69 Å². The van der Waals surface area contributed by atoms with Crippen molar-refractivity contribution in [1.82, 2.24) is 5.32 Å². The van der Waals surface area contributed by atoms with E-state index in [1.807, 2.05) is 18.2 Å². The lowest BCUT2D eigenvalue weighted by atomic mass is 10.3. The Bertz CT molecular complexity index is 285. The van der Waals surface area contributed by atoms with Crippen LogP contribution in [0.4, 0.5) is 10.5 Å². The molecule has 1 aromatic rings. The standard InChI is InChI=1S/C9H10N2O2/c12-7-6-10-9(13)11-8-4-2-1-3-5-8/h1-5,7H,6H2,(H2,10,11,13). The molecule has 0 aliphatic rings. The van der Waals surface area contributed by atoms with Crippen molar-refractivity contribution in [3.05, 3.63) is 30.3 Å². The molecule has 0 bridgehead atoms. The Kier molecular flexibility index (Phi) is 3.50. The third kappa shape index (κ3) is 3.37. The number of para-hydroxylation sites is 1. The summed E-state index contributed by atoms with van der Waals surface area (Å²) in [4.78, 5) is 20.9. The van der Waals surface area contributed by atoms with E-state index < -0.39 is 0 Å². The Labute approximate surface area is 75.9 Å². The smallest absolute Gasteiger partial charge is 0.319 e. The highest BCUT2D eigenvalue weighted by Gasteiger charge is 1.97. The van der Waals surface area contributed by atoms with Gasteiger partial charge in [-0.1, -0.05) is 18.2 Å². The number of amides is 2. The summed E-state index contributed by atoms with van der Waals surface area (Å²) < 4.78 is 0. The molecule has 13 heavy (non-hydrogen) atoms. The summed E-state index contributed by atoms with van der Waals surface area (Å²) in [5.74, 6) is 0. The predicted octanol–water partition coefficient (Wildman–Crippen LogP) is 1.01. The van der Waals surface area contributed by atoms with Gasteiger partial charge in [-0.3, -0.25) is 0 Å². The number of rotatable bonds is 3. The van der Waals surface area contributed by atoms with Gasteiger partial charge in [0.25, 0.3) is 0 Å². The largest absolute Gasteiger partial charge is 0.331 e. The summed E-state index contributed by atoms with van der Waals surface area (Å²) in [6.07, 6.45) is 0.630. The molecule has 0 aromatic heterocycles. The second-order valence-electron chi connectivity index (χ2n) is 2.37. The monoisotopic (exact) mass is 178 g/mol. The summed E-state index contributed by atoms with van der Waals surface area (Å²) in [5, 5.41) is 4.93. The zero-order valence-electron chi connectivity index (χ0n) is 6.99. The topological polar surface area (TPSA) is 58.2 Å². The van der Waals surface area contributed by atoms with Gasteiger partial charge in [0.2, 0.25) is 0 Å². The van der Waals surface area contributed by atoms with Crippen LogP contribution in [0, 0.1) is 0 Å². The van der Waals surface area contributed by atoms with Crippen LogP contribution < -0.4 is 10.6 Å². The summed E-state index contributed by atoms with van der Waals surface area (Å²) in [7, 11) is 0. The van der Waals surface area contributed by atoms with Gasteiger partial charge in [-0.05, 0) is 12.1 Å². The number of urea groups is 1. The van der Waals surface area contributed by atoms with Crippen LogP contribution in [-0.4, -0.2) is 18.9 Å². The number of benzene rings is 1. The van der Waals surface area contributed by atoms with Crippen LogP contribution >= 0.6 is 0 Å². The zero-order chi connectivity index (χ0) is 9.52. The minimum atomic E-state index is -0.377. The van der Waals surface area contributed by atoms with E-state index in [0.29, 0.717) is 12.0 Å². The van der Waals surface area contributed by atoms with Gasteiger partial charge in [0.15, 0.2) is 0 Å². The van der Waals surface area contributed by atoms with Gasteiger partial charge in [0.05, 0.1) is 6.54 Å². The number of hydrogen-bond acceptors (Lipinski definition) is 2. The van der Waals surface area contributed by atoms with E-state index in [9.17, 15) is 9.59 Å². The molecule has 0 aliphatic carbocycles. The van der Waals surface area contributed by atoms with E-state index in [0.717, 1.165) is 0 Å². The van der Waals surface area contributed by atoms with E-state index in [1.165, 1.54) is 0 Å². The Balaban J connectivity index is 2.41. The van der Waals surface area contributed by atoms with Crippen molar-refractivity contribution in [1.29, 1.82) is 0 Å². The Hall–Kier alpha value is -1.84. The van der Waals surface area contributed by atoms with Crippen LogP contribution in [0.15, 0.2) is 30.3 Å². The van der Waals surface area contributed by atoms with Gasteiger partial charge >= 0.3 is 6.03 Å². The highest BCUT2D eigenvalue weighted by molar-refractivity contribution is 5.90. The normalized spacial score (nSPS) is 8.92. The molecule has 0 saturated carbocycles. The van der Waals surface area contributed by atoms with Gasteiger partial charge in [-0.2, -0.15) is 0 Å². The highest BCUT2D eigenvalue weighted by Crippen LogP contribution is 2.03. The van der Waals surface area contributed by atoms with Gasteiger partial charge in [-0.15, -0.1) is 0 Å². The highest BCUT2D eigenvalue weighted by atomic mass is 16.2. The first-order valence-corrected chi connectivity index (χ1v) is 3.86. The van der Waals surface area contributed by atoms with Crippen LogP contribution in [0.1, 0.15) is 0 Å². The molecule has 4 heteroatoms. The fraction of sp³-hybridized carbons (Fsp3) is 0.111. The molecule has 0 atom stereocenters. The summed E-state index contributed by atoms with van der Waals surface area (Å²) >= 11 is 0. The third-order valence-electron chi connectivity index (χ3n) is 1.38. The van der Waals surface area contributed by atoms with Crippen molar-refractivity contribution in [2.75, 3.05) is 11.9 Å². The third-order valence-corrected chi connectivity index (χ3v) is 1.38. The Morgan fingerprint density at radius 2 is 2.00 bits per heavy atom. The molecule has 0 aliphatic heterocycles. The Morgan fingerprint density at radius 1 is 1.31 bits per heavy atom. The number of hydrogen-bond donors (Lipinski definition) is 2. The van der Waals surface area contributed by atoms with Crippen molar-refractivity contribution in [3.63, 3.8) is 0 Å². The van der Waals surface area contributed by atoms with Gasteiger partial charge < -0.3 is 15.4 Å². The molecule has 1 rings (SSSR count). The van der Waals surface area contributed by atoms with Crippen molar-refractivity contribution in [2.24, 2.45) is 0 Å². The van der Waals surface area contributed by atoms with E-state index in [1.54, 1.807) is 12.1 Å². The number of nitrogens with one attached hydrogen (secondary N) is 2. The van der Waals surface area contributed by atoms with Crippen LogP contribution in [-0.2, 0) is 4.79 Å². The number of anilines is 1. The molecule has 2 amide bonds. The van der Waals surface area contributed by atoms with Crippen LogP contribution in [0.2, 0.25) is 0 Å². The lowest BCUT2D eigenvalue weighted by Crippen LogP contribution is -2.29. The van der Waals surface area contributed by atoms with E-state index >= 15 is 0 Å². The summed E-state index contributed by atoms with van der Waals surface area (Å²) in [5.41, 5.74) is 0.700. The molecule has 0 saturated heterocycles. The molecular weight excluding hydrogens is 168 g/mol. The zero-order valence-corrected chi connectivity index (χ0v) is 6.99. The first-order valence-electron chi connectivity index (χ1n) is 3.86. The van der Waals surface area contributed by atoms with E-state index in [-0.39, 0.29) is 12.6 Å². The SMILES string of the molecule is O=CCNC(=O)Nc1ccccc1. The Morgan fingerprint density at radius 3 is 2.62 bits per heavy atom.